The van der Waals surface area contributed by atoms with E-state index in [4.69, 9.17) is 0 Å². The molecule has 0 bridgehead atoms. The highest BCUT2D eigenvalue weighted by Gasteiger charge is 2.24. The van der Waals surface area contributed by atoms with Crippen LogP contribution < -0.4 is 10.6 Å². The van der Waals surface area contributed by atoms with Crippen LogP contribution in [0.2, 0.25) is 0 Å². The van der Waals surface area contributed by atoms with Gasteiger partial charge in [0.2, 0.25) is 0 Å². The molecule has 3 aromatic rings. The van der Waals surface area contributed by atoms with Crippen molar-refractivity contribution in [2.45, 2.75) is 34.2 Å². The summed E-state index contributed by atoms with van der Waals surface area (Å²) in [6, 6.07) is 0. The van der Waals surface area contributed by atoms with Gasteiger partial charge in [-0.25, -0.2) is 0 Å². The molecule has 148 valence electrons. The summed E-state index contributed by atoms with van der Waals surface area (Å²) in [5, 5.41) is 18.3. The Morgan fingerprint density at radius 3 is 2.11 bits per heavy atom. The molecule has 0 radical (unpaired) electrons. The van der Waals surface area contributed by atoms with Crippen LogP contribution in [0.1, 0.15) is 44.9 Å². The predicted molar refractivity (Wildman–Crippen MR) is 104 cm³/mol. The standard InChI is InChI=1S/C18H24N8O2/c1-7-26-16(18(28)21-13-8-19-24(5)11(13)3)14(9-20-26)22-17(27)15-10(2)23-25(6)12(15)4/h8-9H,7H2,1-6H3,(H,21,28)(H,22,27). The van der Waals surface area contributed by atoms with Gasteiger partial charge >= 0.3 is 0 Å². The number of anilines is 2. The van der Waals surface area contributed by atoms with Gasteiger partial charge in [-0.1, -0.05) is 0 Å². The molecule has 2 N–H and O–H groups in total. The summed E-state index contributed by atoms with van der Waals surface area (Å²) >= 11 is 0. The topological polar surface area (TPSA) is 112 Å². The lowest BCUT2D eigenvalue weighted by atomic mass is 10.2. The molecule has 0 saturated carbocycles. The Kier molecular flexibility index (Phi) is 5.04. The molecule has 3 heterocycles. The molecular weight excluding hydrogens is 360 g/mol. The lowest BCUT2D eigenvalue weighted by Crippen LogP contribution is -2.21. The van der Waals surface area contributed by atoms with Crippen molar-refractivity contribution in [1.29, 1.82) is 0 Å². The summed E-state index contributed by atoms with van der Waals surface area (Å²) in [5.74, 6) is -0.698. The third-order valence-corrected chi connectivity index (χ3v) is 4.82. The number of carbonyl (C=O) groups is 2. The maximum atomic E-state index is 12.9. The van der Waals surface area contributed by atoms with Crippen LogP contribution in [-0.4, -0.2) is 41.2 Å². The molecular formula is C18H24N8O2. The molecule has 0 saturated heterocycles. The molecule has 3 aromatic heterocycles. The van der Waals surface area contributed by atoms with Crippen LogP contribution in [0.15, 0.2) is 12.4 Å². The number of aromatic nitrogens is 6. The Bertz CT molecular complexity index is 1060. The zero-order valence-electron chi connectivity index (χ0n) is 16.9. The van der Waals surface area contributed by atoms with Gasteiger partial charge in [-0.3, -0.25) is 23.6 Å². The largest absolute Gasteiger partial charge is 0.318 e. The van der Waals surface area contributed by atoms with Crippen LogP contribution in [-0.2, 0) is 20.6 Å². The minimum Gasteiger partial charge on any atom is -0.318 e. The number of rotatable bonds is 5. The molecule has 0 atom stereocenters. The Hall–Kier alpha value is -3.43. The SMILES string of the molecule is CCn1ncc(NC(=O)c2c(C)nn(C)c2C)c1C(=O)Nc1cnn(C)c1C. The van der Waals surface area contributed by atoms with Crippen molar-refractivity contribution in [2.24, 2.45) is 14.1 Å². The minimum atomic E-state index is -0.370. The van der Waals surface area contributed by atoms with Crippen molar-refractivity contribution >= 4 is 23.2 Å². The Morgan fingerprint density at radius 2 is 1.57 bits per heavy atom. The number of amides is 2. The van der Waals surface area contributed by atoms with E-state index in [0.717, 1.165) is 11.4 Å². The van der Waals surface area contributed by atoms with Gasteiger partial charge < -0.3 is 10.6 Å². The van der Waals surface area contributed by atoms with Crippen molar-refractivity contribution in [2.75, 3.05) is 10.6 Å². The number of aryl methyl sites for hydroxylation is 4. The number of carbonyl (C=O) groups excluding carboxylic acids is 2. The van der Waals surface area contributed by atoms with Crippen molar-refractivity contribution in [1.82, 2.24) is 29.3 Å². The monoisotopic (exact) mass is 384 g/mol. The second-order valence-corrected chi connectivity index (χ2v) is 6.57. The molecule has 10 heteroatoms. The van der Waals surface area contributed by atoms with Crippen LogP contribution in [0, 0.1) is 20.8 Å². The van der Waals surface area contributed by atoms with Gasteiger partial charge in [-0.2, -0.15) is 15.3 Å². The van der Waals surface area contributed by atoms with Crippen molar-refractivity contribution in [3.05, 3.63) is 40.7 Å². The van der Waals surface area contributed by atoms with Crippen molar-refractivity contribution in [3.63, 3.8) is 0 Å². The van der Waals surface area contributed by atoms with E-state index in [-0.39, 0.29) is 17.5 Å². The van der Waals surface area contributed by atoms with E-state index in [1.54, 1.807) is 41.3 Å². The van der Waals surface area contributed by atoms with Crippen molar-refractivity contribution in [3.8, 4) is 0 Å². The molecule has 0 aliphatic rings. The van der Waals surface area contributed by atoms with E-state index in [9.17, 15) is 9.59 Å². The first-order valence-electron chi connectivity index (χ1n) is 8.91. The first kappa shape index (κ1) is 19.3. The predicted octanol–water partition coefficient (Wildman–Crippen LogP) is 1.80. The lowest BCUT2D eigenvalue weighted by Gasteiger charge is -2.10. The zero-order valence-corrected chi connectivity index (χ0v) is 16.9. The van der Waals surface area contributed by atoms with Gasteiger partial charge in [0.15, 0.2) is 0 Å². The van der Waals surface area contributed by atoms with Crippen LogP contribution in [0.25, 0.3) is 0 Å². The number of hydrogen-bond donors (Lipinski definition) is 2. The number of hydrogen-bond acceptors (Lipinski definition) is 5. The smallest absolute Gasteiger partial charge is 0.276 e. The summed E-state index contributed by atoms with van der Waals surface area (Å²) in [6.45, 7) is 7.81. The lowest BCUT2D eigenvalue weighted by molar-refractivity contribution is 0.101. The molecule has 2 amide bonds. The van der Waals surface area contributed by atoms with Gasteiger partial charge in [0.25, 0.3) is 11.8 Å². The molecule has 3 rings (SSSR count). The highest BCUT2D eigenvalue weighted by Crippen LogP contribution is 2.21. The third kappa shape index (κ3) is 3.28. The molecule has 0 spiro atoms. The summed E-state index contributed by atoms with van der Waals surface area (Å²) in [6.07, 6.45) is 3.06. The first-order chi connectivity index (χ1) is 13.2. The van der Waals surface area contributed by atoms with E-state index < -0.39 is 0 Å². The zero-order chi connectivity index (χ0) is 20.6. The summed E-state index contributed by atoms with van der Waals surface area (Å²) < 4.78 is 4.86. The Labute approximate surface area is 162 Å². The molecule has 0 aliphatic carbocycles. The summed E-state index contributed by atoms with van der Waals surface area (Å²) in [7, 11) is 3.58. The molecule has 0 aliphatic heterocycles. The summed E-state index contributed by atoms with van der Waals surface area (Å²) in [5.41, 5.74) is 3.90. The van der Waals surface area contributed by atoms with Gasteiger partial charge in [-0.05, 0) is 27.7 Å². The Balaban J connectivity index is 1.91. The fraction of sp³-hybridized carbons (Fsp3) is 0.389. The fourth-order valence-corrected chi connectivity index (χ4v) is 3.05. The number of nitrogens with zero attached hydrogens (tertiary/aromatic N) is 6. The molecule has 28 heavy (non-hydrogen) atoms. The minimum absolute atomic E-state index is 0.276. The van der Waals surface area contributed by atoms with Gasteiger partial charge in [-0.15, -0.1) is 0 Å². The Morgan fingerprint density at radius 1 is 0.929 bits per heavy atom. The molecule has 0 aromatic carbocycles. The quantitative estimate of drug-likeness (QED) is 0.697. The maximum Gasteiger partial charge on any atom is 0.276 e. The van der Waals surface area contributed by atoms with E-state index in [1.807, 2.05) is 20.8 Å². The van der Waals surface area contributed by atoms with E-state index in [1.165, 1.54) is 6.20 Å². The second-order valence-electron chi connectivity index (χ2n) is 6.57. The third-order valence-electron chi connectivity index (χ3n) is 4.82. The highest BCUT2D eigenvalue weighted by atomic mass is 16.2. The van der Waals surface area contributed by atoms with Gasteiger partial charge in [0.05, 0.1) is 40.7 Å². The van der Waals surface area contributed by atoms with E-state index in [0.29, 0.717) is 29.2 Å². The van der Waals surface area contributed by atoms with Crippen LogP contribution in [0.4, 0.5) is 11.4 Å². The van der Waals surface area contributed by atoms with Crippen LogP contribution in [0.5, 0.6) is 0 Å². The molecule has 0 fully saturated rings. The van der Waals surface area contributed by atoms with Crippen LogP contribution in [0.3, 0.4) is 0 Å². The second kappa shape index (κ2) is 7.29. The maximum absolute atomic E-state index is 12.9. The van der Waals surface area contributed by atoms with Gasteiger partial charge in [0, 0.05) is 26.3 Å². The first-order valence-corrected chi connectivity index (χ1v) is 8.91. The van der Waals surface area contributed by atoms with Gasteiger partial charge in [0.1, 0.15) is 5.69 Å². The van der Waals surface area contributed by atoms with E-state index >= 15 is 0 Å². The van der Waals surface area contributed by atoms with E-state index in [2.05, 4.69) is 25.9 Å². The van der Waals surface area contributed by atoms with Crippen molar-refractivity contribution < 1.29 is 9.59 Å². The van der Waals surface area contributed by atoms with Crippen LogP contribution >= 0.6 is 0 Å². The normalized spacial score (nSPS) is 10.9. The fourth-order valence-electron chi connectivity index (χ4n) is 3.05. The average Bonchev–Trinajstić information content (AvgIpc) is 3.26. The number of nitrogens with one attached hydrogen (secondary N) is 2. The highest BCUT2D eigenvalue weighted by molar-refractivity contribution is 6.12. The molecule has 10 nitrogen and oxygen atoms in total. The average molecular weight is 384 g/mol. The molecule has 0 unspecified atom stereocenters. The summed E-state index contributed by atoms with van der Waals surface area (Å²) in [4.78, 5) is 25.7.